The highest BCUT2D eigenvalue weighted by Crippen LogP contribution is 2.31. The molecule has 0 atom stereocenters. The second-order valence-corrected chi connectivity index (χ2v) is 8.98. The highest BCUT2D eigenvalue weighted by atomic mass is 19.4. The van der Waals surface area contributed by atoms with E-state index in [1.54, 1.807) is 35.0 Å². The van der Waals surface area contributed by atoms with Gasteiger partial charge in [0.15, 0.2) is 0 Å². The van der Waals surface area contributed by atoms with Crippen molar-refractivity contribution in [3.8, 4) is 16.8 Å². The van der Waals surface area contributed by atoms with Gasteiger partial charge < -0.3 is 5.32 Å². The molecule has 38 heavy (non-hydrogen) atoms. The van der Waals surface area contributed by atoms with Crippen LogP contribution in [0.15, 0.2) is 95.9 Å². The standard InChI is InChI=1S/C30H22F3N3O2/c1-18-11-12-23(35-28(37)20-7-6-8-22(14-20)30(31,32)33)16-25(18)26-15-21-17-34-19(2)13-27(21)36(29(26)38)24-9-4-3-5-10-24/h3-17H,1-2H3,(H,35,37). The van der Waals surface area contributed by atoms with Gasteiger partial charge in [-0.15, -0.1) is 0 Å². The van der Waals surface area contributed by atoms with Crippen LogP contribution < -0.4 is 10.9 Å². The van der Waals surface area contributed by atoms with Crippen molar-refractivity contribution in [1.29, 1.82) is 0 Å². The average Bonchev–Trinajstić information content (AvgIpc) is 2.89. The zero-order chi connectivity index (χ0) is 27.0. The Morgan fingerprint density at radius 3 is 2.37 bits per heavy atom. The zero-order valence-electron chi connectivity index (χ0n) is 20.5. The third-order valence-electron chi connectivity index (χ3n) is 6.27. The molecule has 5 nitrogen and oxygen atoms in total. The number of nitrogens with one attached hydrogen (secondary N) is 1. The fourth-order valence-electron chi connectivity index (χ4n) is 4.36. The first-order valence-corrected chi connectivity index (χ1v) is 11.8. The number of benzene rings is 3. The third-order valence-corrected chi connectivity index (χ3v) is 6.27. The smallest absolute Gasteiger partial charge is 0.322 e. The Morgan fingerprint density at radius 2 is 1.63 bits per heavy atom. The van der Waals surface area contributed by atoms with E-state index < -0.39 is 17.6 Å². The van der Waals surface area contributed by atoms with E-state index in [-0.39, 0.29) is 11.1 Å². The number of hydrogen-bond donors (Lipinski definition) is 1. The van der Waals surface area contributed by atoms with Gasteiger partial charge in [0.05, 0.1) is 11.1 Å². The highest BCUT2D eigenvalue weighted by Gasteiger charge is 2.31. The molecule has 5 aromatic rings. The minimum Gasteiger partial charge on any atom is -0.322 e. The van der Waals surface area contributed by atoms with E-state index in [0.717, 1.165) is 28.8 Å². The van der Waals surface area contributed by atoms with E-state index >= 15 is 0 Å². The van der Waals surface area contributed by atoms with Gasteiger partial charge in [-0.25, -0.2) is 0 Å². The molecule has 0 saturated carbocycles. The number of carbonyl (C=O) groups is 1. The second-order valence-electron chi connectivity index (χ2n) is 8.98. The number of pyridine rings is 2. The number of aromatic nitrogens is 2. The fourth-order valence-corrected chi connectivity index (χ4v) is 4.36. The van der Waals surface area contributed by atoms with Gasteiger partial charge in [0.1, 0.15) is 0 Å². The molecule has 0 aliphatic rings. The van der Waals surface area contributed by atoms with Gasteiger partial charge in [0, 0.05) is 39.8 Å². The van der Waals surface area contributed by atoms with Crippen molar-refractivity contribution in [3.63, 3.8) is 0 Å². The van der Waals surface area contributed by atoms with Crippen LogP contribution in [0.25, 0.3) is 27.7 Å². The van der Waals surface area contributed by atoms with Gasteiger partial charge in [-0.3, -0.25) is 19.1 Å². The number of hydrogen-bond acceptors (Lipinski definition) is 3. The van der Waals surface area contributed by atoms with E-state index in [1.165, 1.54) is 12.1 Å². The molecule has 0 fully saturated rings. The van der Waals surface area contributed by atoms with E-state index in [4.69, 9.17) is 0 Å². The number of rotatable bonds is 4. The lowest BCUT2D eigenvalue weighted by atomic mass is 9.99. The van der Waals surface area contributed by atoms with Gasteiger partial charge >= 0.3 is 6.18 Å². The van der Waals surface area contributed by atoms with Gasteiger partial charge in [0.25, 0.3) is 11.5 Å². The van der Waals surface area contributed by atoms with E-state index in [9.17, 15) is 22.8 Å². The summed E-state index contributed by atoms with van der Waals surface area (Å²) >= 11 is 0. The SMILES string of the molecule is Cc1cc2c(cn1)cc(-c1cc(NC(=O)c3cccc(C(F)(F)F)c3)ccc1C)c(=O)n2-c1ccccc1. The van der Waals surface area contributed by atoms with Crippen molar-refractivity contribution in [2.45, 2.75) is 20.0 Å². The van der Waals surface area contributed by atoms with Crippen molar-refractivity contribution < 1.29 is 18.0 Å². The van der Waals surface area contributed by atoms with E-state index in [0.29, 0.717) is 28.0 Å². The molecule has 8 heteroatoms. The van der Waals surface area contributed by atoms with Crippen LogP contribution in [0.3, 0.4) is 0 Å². The second kappa shape index (κ2) is 9.63. The molecule has 0 bridgehead atoms. The summed E-state index contributed by atoms with van der Waals surface area (Å²) in [6.45, 7) is 3.70. The number of nitrogens with zero attached hydrogens (tertiary/aromatic N) is 2. The summed E-state index contributed by atoms with van der Waals surface area (Å²) in [6, 6.07) is 22.2. The van der Waals surface area contributed by atoms with Crippen molar-refractivity contribution >= 4 is 22.5 Å². The van der Waals surface area contributed by atoms with Crippen molar-refractivity contribution in [2.75, 3.05) is 5.32 Å². The first-order chi connectivity index (χ1) is 18.1. The Balaban J connectivity index is 1.60. The predicted molar refractivity (Wildman–Crippen MR) is 142 cm³/mol. The first-order valence-electron chi connectivity index (χ1n) is 11.8. The van der Waals surface area contributed by atoms with Gasteiger partial charge in [-0.1, -0.05) is 30.3 Å². The van der Waals surface area contributed by atoms with Crippen LogP contribution in [-0.4, -0.2) is 15.5 Å². The molecule has 0 radical (unpaired) electrons. The van der Waals surface area contributed by atoms with Gasteiger partial charge in [-0.05, 0) is 79.6 Å². The van der Waals surface area contributed by atoms with Crippen LogP contribution in [0.1, 0.15) is 27.2 Å². The maximum atomic E-state index is 13.9. The number of alkyl halides is 3. The Morgan fingerprint density at radius 1 is 0.868 bits per heavy atom. The maximum Gasteiger partial charge on any atom is 0.416 e. The molecule has 190 valence electrons. The first kappa shape index (κ1) is 25.0. The van der Waals surface area contributed by atoms with Crippen LogP contribution in [0, 0.1) is 13.8 Å². The summed E-state index contributed by atoms with van der Waals surface area (Å²) < 4.78 is 40.9. The molecule has 1 N–H and O–H groups in total. The minimum atomic E-state index is -4.56. The number of halogens is 3. The van der Waals surface area contributed by atoms with Crippen molar-refractivity contribution in [3.05, 3.63) is 124 Å². The summed E-state index contributed by atoms with van der Waals surface area (Å²) in [5.74, 6) is -0.689. The lowest BCUT2D eigenvalue weighted by Gasteiger charge is -2.16. The summed E-state index contributed by atoms with van der Waals surface area (Å²) in [6.07, 6.45) is -2.85. The fraction of sp³-hybridized carbons (Fsp3) is 0.100. The molecule has 0 aliphatic carbocycles. The number of amides is 1. The number of carbonyl (C=O) groups excluding carboxylic acids is 1. The summed E-state index contributed by atoms with van der Waals surface area (Å²) in [4.78, 5) is 31.1. The molecular weight excluding hydrogens is 491 g/mol. The molecule has 0 saturated heterocycles. The monoisotopic (exact) mass is 513 g/mol. The third kappa shape index (κ3) is 4.80. The number of fused-ring (bicyclic) bond motifs is 1. The molecule has 0 unspecified atom stereocenters. The Labute approximate surface area is 216 Å². The topological polar surface area (TPSA) is 64.0 Å². The Bertz CT molecular complexity index is 1740. The molecular formula is C30H22F3N3O2. The van der Waals surface area contributed by atoms with E-state index in [2.05, 4.69) is 10.3 Å². The Hall–Kier alpha value is -4.72. The lowest BCUT2D eigenvalue weighted by Crippen LogP contribution is -2.21. The molecule has 3 aromatic carbocycles. The highest BCUT2D eigenvalue weighted by molar-refractivity contribution is 6.04. The van der Waals surface area contributed by atoms with Crippen LogP contribution >= 0.6 is 0 Å². The number of para-hydroxylation sites is 1. The molecule has 2 aromatic heterocycles. The molecule has 0 spiro atoms. The molecule has 2 heterocycles. The quantitative estimate of drug-likeness (QED) is 0.283. The van der Waals surface area contributed by atoms with E-state index in [1.807, 2.05) is 50.2 Å². The Kier molecular flexibility index (Phi) is 6.32. The number of anilines is 1. The predicted octanol–water partition coefficient (Wildman–Crippen LogP) is 6.94. The zero-order valence-corrected chi connectivity index (χ0v) is 20.5. The molecule has 0 aliphatic heterocycles. The minimum absolute atomic E-state index is 0.125. The molecule has 1 amide bonds. The number of aryl methyl sites for hydroxylation is 2. The van der Waals surface area contributed by atoms with Gasteiger partial charge in [-0.2, -0.15) is 13.2 Å². The normalized spacial score (nSPS) is 11.5. The molecule has 5 rings (SSSR count). The average molecular weight is 514 g/mol. The van der Waals surface area contributed by atoms with Crippen LogP contribution in [0.2, 0.25) is 0 Å². The van der Waals surface area contributed by atoms with Crippen molar-refractivity contribution in [1.82, 2.24) is 9.55 Å². The summed E-state index contributed by atoms with van der Waals surface area (Å²) in [5, 5.41) is 3.41. The van der Waals surface area contributed by atoms with Crippen LogP contribution in [0.4, 0.5) is 18.9 Å². The summed E-state index contributed by atoms with van der Waals surface area (Å²) in [7, 11) is 0. The largest absolute Gasteiger partial charge is 0.416 e. The van der Waals surface area contributed by atoms with Crippen LogP contribution in [0.5, 0.6) is 0 Å². The van der Waals surface area contributed by atoms with Crippen molar-refractivity contribution in [2.24, 2.45) is 0 Å². The summed E-state index contributed by atoms with van der Waals surface area (Å²) in [5.41, 5.74) is 3.02. The lowest BCUT2D eigenvalue weighted by molar-refractivity contribution is -0.137. The van der Waals surface area contributed by atoms with Crippen LogP contribution in [-0.2, 0) is 6.18 Å². The van der Waals surface area contributed by atoms with Gasteiger partial charge in [0.2, 0.25) is 0 Å². The maximum absolute atomic E-state index is 13.9.